The average molecular weight is 291 g/mol. The molecule has 0 unspecified atom stereocenters. The molecule has 1 fully saturated rings. The summed E-state index contributed by atoms with van der Waals surface area (Å²) in [6.07, 6.45) is 2.20. The molecule has 2 rings (SSSR count). The van der Waals surface area contributed by atoms with Gasteiger partial charge in [-0.05, 0) is 60.2 Å². The summed E-state index contributed by atoms with van der Waals surface area (Å²) in [7, 11) is 0. The molecule has 1 aromatic carbocycles. The second-order valence-corrected chi connectivity index (χ2v) is 4.56. The third-order valence-corrected chi connectivity index (χ3v) is 3.06. The Kier molecular flexibility index (Phi) is 2.83. The van der Waals surface area contributed by atoms with Crippen molar-refractivity contribution in [3.8, 4) is 0 Å². The van der Waals surface area contributed by atoms with Crippen LogP contribution in [0.5, 0.6) is 0 Å². The summed E-state index contributed by atoms with van der Waals surface area (Å²) in [5.41, 5.74) is 0.824. The molecule has 0 aromatic heterocycles. The fourth-order valence-electron chi connectivity index (χ4n) is 1.73. The third-order valence-electron chi connectivity index (χ3n) is 2.39. The van der Waals surface area contributed by atoms with Crippen molar-refractivity contribution in [2.24, 2.45) is 0 Å². The van der Waals surface area contributed by atoms with Gasteiger partial charge in [0.2, 0.25) is 0 Å². The predicted octanol–water partition coefficient (Wildman–Crippen LogP) is 2.85. The normalized spacial score (nSPS) is 22.2. The van der Waals surface area contributed by atoms with Gasteiger partial charge in [0, 0.05) is 15.2 Å². The summed E-state index contributed by atoms with van der Waals surface area (Å²) in [6.45, 7) is 1.01. The SMILES string of the molecule is Fc1ccc(I)cc1[C@H]1CCCN1. The Morgan fingerprint density at radius 3 is 3.00 bits per heavy atom. The Bertz CT molecular complexity index is 308. The zero-order valence-corrected chi connectivity index (χ0v) is 9.34. The molecule has 1 aromatic rings. The van der Waals surface area contributed by atoms with Crippen LogP contribution in [0.1, 0.15) is 24.4 Å². The highest BCUT2D eigenvalue weighted by Crippen LogP contribution is 2.26. The van der Waals surface area contributed by atoms with Crippen LogP contribution in [0.4, 0.5) is 4.39 Å². The molecule has 1 aliphatic rings. The summed E-state index contributed by atoms with van der Waals surface area (Å²) in [6, 6.07) is 5.51. The molecular weight excluding hydrogens is 280 g/mol. The van der Waals surface area contributed by atoms with E-state index in [1.807, 2.05) is 6.07 Å². The van der Waals surface area contributed by atoms with Crippen LogP contribution >= 0.6 is 22.6 Å². The highest BCUT2D eigenvalue weighted by atomic mass is 127. The van der Waals surface area contributed by atoms with E-state index >= 15 is 0 Å². The summed E-state index contributed by atoms with van der Waals surface area (Å²) < 4.78 is 14.5. The van der Waals surface area contributed by atoms with Crippen molar-refractivity contribution < 1.29 is 4.39 Å². The van der Waals surface area contributed by atoms with E-state index < -0.39 is 0 Å². The maximum Gasteiger partial charge on any atom is 0.128 e. The van der Waals surface area contributed by atoms with Gasteiger partial charge in [0.15, 0.2) is 0 Å². The van der Waals surface area contributed by atoms with E-state index in [-0.39, 0.29) is 11.9 Å². The van der Waals surface area contributed by atoms with Crippen molar-refractivity contribution in [2.45, 2.75) is 18.9 Å². The monoisotopic (exact) mass is 291 g/mol. The number of rotatable bonds is 1. The molecule has 1 atom stereocenters. The van der Waals surface area contributed by atoms with Gasteiger partial charge in [0.1, 0.15) is 5.82 Å². The number of benzene rings is 1. The zero-order valence-electron chi connectivity index (χ0n) is 7.19. The van der Waals surface area contributed by atoms with Crippen LogP contribution in [0, 0.1) is 9.39 Å². The smallest absolute Gasteiger partial charge is 0.128 e. The van der Waals surface area contributed by atoms with Gasteiger partial charge in [-0.25, -0.2) is 4.39 Å². The van der Waals surface area contributed by atoms with Gasteiger partial charge in [-0.15, -0.1) is 0 Å². The van der Waals surface area contributed by atoms with Crippen LogP contribution in [0.2, 0.25) is 0 Å². The van der Waals surface area contributed by atoms with E-state index in [9.17, 15) is 4.39 Å². The van der Waals surface area contributed by atoms with Crippen LogP contribution in [0.25, 0.3) is 0 Å². The van der Waals surface area contributed by atoms with Crippen molar-refractivity contribution in [1.29, 1.82) is 0 Å². The zero-order chi connectivity index (χ0) is 9.26. The maximum atomic E-state index is 13.4. The molecule has 0 spiro atoms. The Labute approximate surface area is 90.9 Å². The first kappa shape index (κ1) is 9.40. The summed E-state index contributed by atoms with van der Waals surface area (Å²) >= 11 is 2.21. The topological polar surface area (TPSA) is 12.0 Å². The lowest BCUT2D eigenvalue weighted by atomic mass is 10.1. The molecule has 1 heterocycles. The molecule has 0 bridgehead atoms. The van der Waals surface area contributed by atoms with Crippen LogP contribution in [0.15, 0.2) is 18.2 Å². The van der Waals surface area contributed by atoms with Gasteiger partial charge >= 0.3 is 0 Å². The Morgan fingerprint density at radius 2 is 2.31 bits per heavy atom. The minimum absolute atomic E-state index is 0.0835. The van der Waals surface area contributed by atoms with Crippen molar-refractivity contribution in [2.75, 3.05) is 6.54 Å². The molecule has 0 aliphatic carbocycles. The van der Waals surface area contributed by atoms with Crippen LogP contribution in [0.3, 0.4) is 0 Å². The quantitative estimate of drug-likeness (QED) is 0.785. The number of nitrogens with one attached hydrogen (secondary N) is 1. The lowest BCUT2D eigenvalue weighted by molar-refractivity contribution is 0.558. The molecule has 0 radical (unpaired) electrons. The van der Waals surface area contributed by atoms with Gasteiger partial charge < -0.3 is 5.32 Å². The second-order valence-electron chi connectivity index (χ2n) is 3.31. The Morgan fingerprint density at radius 1 is 1.46 bits per heavy atom. The average Bonchev–Trinajstić information content (AvgIpc) is 2.61. The van der Waals surface area contributed by atoms with E-state index in [1.165, 1.54) is 0 Å². The Hall–Kier alpha value is -0.160. The molecule has 1 aliphatic heterocycles. The fourth-order valence-corrected chi connectivity index (χ4v) is 2.25. The Balaban J connectivity index is 2.32. The molecule has 1 N–H and O–H groups in total. The van der Waals surface area contributed by atoms with Crippen molar-refractivity contribution in [3.05, 3.63) is 33.1 Å². The molecule has 70 valence electrons. The molecule has 1 nitrogen and oxygen atoms in total. The minimum atomic E-state index is -0.0835. The molecule has 0 amide bonds. The molecular formula is C10H11FIN. The first-order chi connectivity index (χ1) is 6.27. The minimum Gasteiger partial charge on any atom is -0.310 e. The standard InChI is InChI=1S/C10H11FIN/c11-9-4-3-7(12)6-8(9)10-2-1-5-13-10/h3-4,6,10,13H,1-2,5H2/t10-/m1/s1. The van der Waals surface area contributed by atoms with Gasteiger partial charge in [-0.3, -0.25) is 0 Å². The predicted molar refractivity (Wildman–Crippen MR) is 59.1 cm³/mol. The number of hydrogen-bond donors (Lipinski definition) is 1. The lowest BCUT2D eigenvalue weighted by Crippen LogP contribution is -2.14. The number of hydrogen-bond acceptors (Lipinski definition) is 1. The fraction of sp³-hybridized carbons (Fsp3) is 0.400. The molecule has 0 saturated carbocycles. The highest BCUT2D eigenvalue weighted by Gasteiger charge is 2.19. The molecule has 13 heavy (non-hydrogen) atoms. The van der Waals surface area contributed by atoms with Crippen molar-refractivity contribution in [1.82, 2.24) is 5.32 Å². The highest BCUT2D eigenvalue weighted by molar-refractivity contribution is 14.1. The van der Waals surface area contributed by atoms with E-state index in [0.717, 1.165) is 28.5 Å². The summed E-state index contributed by atoms with van der Waals surface area (Å²) in [4.78, 5) is 0. The van der Waals surface area contributed by atoms with E-state index in [2.05, 4.69) is 27.9 Å². The van der Waals surface area contributed by atoms with Crippen molar-refractivity contribution >= 4 is 22.6 Å². The van der Waals surface area contributed by atoms with E-state index in [4.69, 9.17) is 0 Å². The summed E-state index contributed by atoms with van der Waals surface area (Å²) in [5.74, 6) is -0.0835. The maximum absolute atomic E-state index is 13.4. The van der Waals surface area contributed by atoms with Gasteiger partial charge in [-0.1, -0.05) is 0 Å². The van der Waals surface area contributed by atoms with Gasteiger partial charge in [-0.2, -0.15) is 0 Å². The third kappa shape index (κ3) is 2.02. The van der Waals surface area contributed by atoms with Crippen molar-refractivity contribution in [3.63, 3.8) is 0 Å². The largest absolute Gasteiger partial charge is 0.310 e. The molecule has 1 saturated heterocycles. The van der Waals surface area contributed by atoms with E-state index in [0.29, 0.717) is 0 Å². The molecule has 3 heteroatoms. The van der Waals surface area contributed by atoms with Crippen LogP contribution in [-0.2, 0) is 0 Å². The lowest BCUT2D eigenvalue weighted by Gasteiger charge is -2.11. The summed E-state index contributed by atoms with van der Waals surface area (Å²) in [5, 5.41) is 3.30. The number of halogens is 2. The van der Waals surface area contributed by atoms with E-state index in [1.54, 1.807) is 12.1 Å². The first-order valence-electron chi connectivity index (χ1n) is 4.46. The van der Waals surface area contributed by atoms with Gasteiger partial charge in [0.25, 0.3) is 0 Å². The second kappa shape index (κ2) is 3.92. The first-order valence-corrected chi connectivity index (χ1v) is 5.53. The van der Waals surface area contributed by atoms with Crippen LogP contribution < -0.4 is 5.32 Å². The van der Waals surface area contributed by atoms with Crippen LogP contribution in [-0.4, -0.2) is 6.54 Å². The van der Waals surface area contributed by atoms with Gasteiger partial charge in [0.05, 0.1) is 0 Å².